The van der Waals surface area contributed by atoms with Crippen LogP contribution in [0.1, 0.15) is 11.1 Å². The summed E-state index contributed by atoms with van der Waals surface area (Å²) in [6.45, 7) is -0.104. The summed E-state index contributed by atoms with van der Waals surface area (Å²) in [5, 5.41) is 13.2. The molecule has 0 aliphatic carbocycles. The van der Waals surface area contributed by atoms with Gasteiger partial charge in [0.25, 0.3) is 0 Å². The maximum atomic E-state index is 13.2. The first kappa shape index (κ1) is 16.9. The number of carbonyl (C=O) groups excluding carboxylic acids is 1. The van der Waals surface area contributed by atoms with E-state index in [9.17, 15) is 23.1 Å². The molecular formula is C12H11F3LiNO3. The van der Waals surface area contributed by atoms with Crippen LogP contribution in [0.3, 0.4) is 0 Å². The Morgan fingerprint density at radius 2 is 2.10 bits per heavy atom. The third-order valence-electron chi connectivity index (χ3n) is 3.23. The van der Waals surface area contributed by atoms with Gasteiger partial charge in [0.2, 0.25) is 0 Å². The van der Waals surface area contributed by atoms with E-state index in [4.69, 9.17) is 4.74 Å². The summed E-state index contributed by atoms with van der Waals surface area (Å²) in [6, 6.07) is 3.83. The zero-order chi connectivity index (χ0) is 14.3. The molecular weight excluding hydrogens is 270 g/mol. The van der Waals surface area contributed by atoms with E-state index in [1.165, 1.54) is 19.2 Å². The smallest absolute Gasteiger partial charge is 0.547 e. The van der Waals surface area contributed by atoms with Crippen LogP contribution < -0.4 is 34.0 Å². The fraction of sp³-hybridized carbons (Fsp3) is 0.417. The average Bonchev–Trinajstić information content (AvgIpc) is 2.35. The fourth-order valence-electron chi connectivity index (χ4n) is 2.30. The van der Waals surface area contributed by atoms with Gasteiger partial charge in [0.15, 0.2) is 5.54 Å². The summed E-state index contributed by atoms with van der Waals surface area (Å²) in [6.07, 6.45) is -4.70. The molecule has 1 unspecified atom stereocenters. The summed E-state index contributed by atoms with van der Waals surface area (Å²) in [5.74, 6) is -1.82. The molecule has 0 saturated carbocycles. The molecule has 1 aromatic rings. The van der Waals surface area contributed by atoms with Crippen LogP contribution in [0, 0.1) is 0 Å². The van der Waals surface area contributed by atoms with E-state index in [1.807, 2.05) is 5.32 Å². The SMILES string of the molecule is COc1ccc2c(c1)CCNC2(C(=O)[O-])C(F)(F)F.[Li+]. The minimum atomic E-state index is -4.99. The molecule has 0 amide bonds. The van der Waals surface area contributed by atoms with Crippen LogP contribution in [0.5, 0.6) is 5.75 Å². The number of aliphatic carboxylic acids is 1. The van der Waals surface area contributed by atoms with Crippen molar-refractivity contribution in [1.29, 1.82) is 0 Å². The van der Waals surface area contributed by atoms with Gasteiger partial charge in [-0.15, -0.1) is 0 Å². The van der Waals surface area contributed by atoms with Crippen molar-refractivity contribution in [2.75, 3.05) is 13.7 Å². The first-order valence-corrected chi connectivity index (χ1v) is 5.53. The minimum Gasteiger partial charge on any atom is -0.547 e. The number of methoxy groups -OCH3 is 1. The molecule has 0 spiro atoms. The average molecular weight is 281 g/mol. The summed E-state index contributed by atoms with van der Waals surface area (Å²) in [4.78, 5) is 11.1. The normalized spacial score (nSPS) is 21.6. The third-order valence-corrected chi connectivity index (χ3v) is 3.23. The molecule has 0 saturated heterocycles. The Morgan fingerprint density at radius 1 is 1.45 bits per heavy atom. The van der Waals surface area contributed by atoms with E-state index in [1.54, 1.807) is 0 Å². The van der Waals surface area contributed by atoms with E-state index < -0.39 is 17.7 Å². The van der Waals surface area contributed by atoms with Crippen LogP contribution in [-0.2, 0) is 16.8 Å². The van der Waals surface area contributed by atoms with Gasteiger partial charge >= 0.3 is 25.0 Å². The van der Waals surface area contributed by atoms with Gasteiger partial charge in [-0.1, -0.05) is 6.07 Å². The monoisotopic (exact) mass is 281 g/mol. The van der Waals surface area contributed by atoms with Crippen molar-refractivity contribution in [3.63, 3.8) is 0 Å². The van der Waals surface area contributed by atoms with Crippen molar-refractivity contribution >= 4 is 5.97 Å². The standard InChI is InChI=1S/C12H12F3NO3.Li/c1-19-8-2-3-9-7(6-8)4-5-16-11(9,10(17)18)12(13,14)15;/h2-3,6,16H,4-5H2,1H3,(H,17,18);/q;+1/p-1. The second-order valence-electron chi connectivity index (χ2n) is 4.24. The van der Waals surface area contributed by atoms with Crippen molar-refractivity contribution in [3.8, 4) is 5.75 Å². The van der Waals surface area contributed by atoms with E-state index in [2.05, 4.69) is 0 Å². The van der Waals surface area contributed by atoms with Gasteiger partial charge in [0.05, 0.1) is 13.1 Å². The Hall–Kier alpha value is -1.16. The Balaban J connectivity index is 0.00000200. The van der Waals surface area contributed by atoms with Gasteiger partial charge in [-0.3, -0.25) is 5.32 Å². The molecule has 0 fully saturated rings. The van der Waals surface area contributed by atoms with Crippen molar-refractivity contribution in [3.05, 3.63) is 29.3 Å². The molecule has 4 nitrogen and oxygen atoms in total. The second-order valence-corrected chi connectivity index (χ2v) is 4.24. The second kappa shape index (κ2) is 5.68. The quantitative estimate of drug-likeness (QED) is 0.602. The molecule has 8 heteroatoms. The molecule has 0 radical (unpaired) electrons. The number of carboxylic acids is 1. The minimum absolute atomic E-state index is 0. The number of benzene rings is 1. The van der Waals surface area contributed by atoms with Crippen LogP contribution in [0.25, 0.3) is 0 Å². The molecule has 1 heterocycles. The predicted molar refractivity (Wildman–Crippen MR) is 57.4 cm³/mol. The number of rotatable bonds is 2. The molecule has 0 aromatic heterocycles. The molecule has 1 atom stereocenters. The number of hydrogen-bond acceptors (Lipinski definition) is 4. The molecule has 1 aliphatic rings. The van der Waals surface area contributed by atoms with Crippen LogP contribution in [0.15, 0.2) is 18.2 Å². The zero-order valence-corrected chi connectivity index (χ0v) is 11.0. The van der Waals surface area contributed by atoms with Gasteiger partial charge in [-0.05, 0) is 29.7 Å². The number of carbonyl (C=O) groups is 1. The summed E-state index contributed by atoms with van der Waals surface area (Å²) in [7, 11) is 1.39. The van der Waals surface area contributed by atoms with Crippen molar-refractivity contribution in [2.24, 2.45) is 0 Å². The number of nitrogens with one attached hydrogen (secondary N) is 1. The van der Waals surface area contributed by atoms with E-state index in [0.29, 0.717) is 11.3 Å². The number of ether oxygens (including phenoxy) is 1. The van der Waals surface area contributed by atoms with E-state index >= 15 is 0 Å². The predicted octanol–water partition coefficient (Wildman–Crippen LogP) is -2.65. The van der Waals surface area contributed by atoms with Crippen molar-refractivity contribution in [2.45, 2.75) is 18.1 Å². The molecule has 1 aromatic carbocycles. The van der Waals surface area contributed by atoms with Crippen molar-refractivity contribution < 1.29 is 46.7 Å². The van der Waals surface area contributed by atoms with Crippen LogP contribution in [-0.4, -0.2) is 25.8 Å². The summed E-state index contributed by atoms with van der Waals surface area (Å²) < 4.78 is 44.5. The summed E-state index contributed by atoms with van der Waals surface area (Å²) in [5.41, 5.74) is -3.21. The molecule has 104 valence electrons. The molecule has 2 rings (SSSR count). The van der Waals surface area contributed by atoms with Crippen LogP contribution in [0.2, 0.25) is 0 Å². The van der Waals surface area contributed by atoms with E-state index in [-0.39, 0.29) is 37.4 Å². The van der Waals surface area contributed by atoms with Gasteiger partial charge in [0, 0.05) is 6.54 Å². The zero-order valence-electron chi connectivity index (χ0n) is 11.0. The number of carboxylic acid groups (broad SMARTS) is 1. The van der Waals surface area contributed by atoms with Crippen LogP contribution >= 0.6 is 0 Å². The first-order chi connectivity index (χ1) is 8.83. The Bertz CT molecular complexity index is 521. The van der Waals surface area contributed by atoms with Gasteiger partial charge in [-0.2, -0.15) is 13.2 Å². The van der Waals surface area contributed by atoms with E-state index in [0.717, 1.165) is 6.07 Å². The molecule has 20 heavy (non-hydrogen) atoms. The molecule has 1 N–H and O–H groups in total. The Labute approximate surface area is 125 Å². The van der Waals surface area contributed by atoms with Gasteiger partial charge < -0.3 is 14.6 Å². The molecule has 0 bridgehead atoms. The van der Waals surface area contributed by atoms with Crippen molar-refractivity contribution in [1.82, 2.24) is 5.32 Å². The maximum absolute atomic E-state index is 13.2. The van der Waals surface area contributed by atoms with Crippen LogP contribution in [0.4, 0.5) is 13.2 Å². The number of halogens is 3. The molecule has 1 aliphatic heterocycles. The first-order valence-electron chi connectivity index (χ1n) is 5.53. The third kappa shape index (κ3) is 2.41. The maximum Gasteiger partial charge on any atom is 1.00 e. The Morgan fingerprint density at radius 3 is 2.60 bits per heavy atom. The Kier molecular flexibility index (Phi) is 4.80. The summed E-state index contributed by atoms with van der Waals surface area (Å²) >= 11 is 0. The number of fused-ring (bicyclic) bond motifs is 1. The van der Waals surface area contributed by atoms with Gasteiger partial charge in [-0.25, -0.2) is 0 Å². The number of hydrogen-bond donors (Lipinski definition) is 1. The van der Waals surface area contributed by atoms with Gasteiger partial charge in [0.1, 0.15) is 5.75 Å². The topological polar surface area (TPSA) is 61.4 Å². The number of alkyl halides is 3. The fourth-order valence-corrected chi connectivity index (χ4v) is 2.30. The largest absolute Gasteiger partial charge is 1.00 e.